The maximum absolute atomic E-state index is 12.3. The third-order valence-corrected chi connectivity index (χ3v) is 4.45. The number of amides is 1. The van der Waals surface area contributed by atoms with Gasteiger partial charge in [-0.25, -0.2) is 9.97 Å². The first-order valence-electron chi connectivity index (χ1n) is 8.83. The molecule has 134 valence electrons. The fraction of sp³-hybridized carbons (Fsp3) is 0.526. The van der Waals surface area contributed by atoms with Crippen LogP contribution in [0.2, 0.25) is 0 Å². The van der Waals surface area contributed by atoms with Gasteiger partial charge in [-0.1, -0.05) is 32.9 Å². The molecule has 2 aromatic rings. The molecule has 3 rings (SSSR count). The van der Waals surface area contributed by atoms with Crippen molar-refractivity contribution in [2.75, 3.05) is 31.9 Å². The lowest BCUT2D eigenvalue weighted by Crippen LogP contribution is -2.49. The van der Waals surface area contributed by atoms with Gasteiger partial charge in [0.15, 0.2) is 0 Å². The van der Waals surface area contributed by atoms with Crippen LogP contribution < -0.4 is 5.73 Å². The fourth-order valence-corrected chi connectivity index (χ4v) is 3.14. The Kier molecular flexibility index (Phi) is 4.90. The lowest BCUT2D eigenvalue weighted by molar-refractivity contribution is -0.134. The summed E-state index contributed by atoms with van der Waals surface area (Å²) in [5.41, 5.74) is 6.97. The van der Waals surface area contributed by atoms with Gasteiger partial charge in [-0.2, -0.15) is 0 Å². The van der Waals surface area contributed by atoms with E-state index in [2.05, 4.69) is 35.6 Å². The summed E-state index contributed by atoms with van der Waals surface area (Å²) in [6.07, 6.45) is 0.595. The van der Waals surface area contributed by atoms with E-state index >= 15 is 0 Å². The van der Waals surface area contributed by atoms with Gasteiger partial charge in [-0.05, 0) is 17.5 Å². The van der Waals surface area contributed by atoms with Gasteiger partial charge in [-0.15, -0.1) is 0 Å². The van der Waals surface area contributed by atoms with Crippen LogP contribution in [0.3, 0.4) is 0 Å². The number of benzene rings is 1. The number of nitrogens with two attached hydrogens (primary N) is 1. The van der Waals surface area contributed by atoms with Crippen molar-refractivity contribution in [3.8, 4) is 0 Å². The van der Waals surface area contributed by atoms with E-state index in [4.69, 9.17) is 5.73 Å². The number of anilines is 1. The molecule has 0 aliphatic carbocycles. The molecule has 1 aromatic carbocycles. The maximum Gasteiger partial charge on any atom is 0.223 e. The quantitative estimate of drug-likeness (QED) is 0.927. The van der Waals surface area contributed by atoms with Crippen LogP contribution in [0.4, 0.5) is 5.82 Å². The molecule has 2 heterocycles. The standard InChI is InChI=1S/C19H27N5O/c1-19(2,3)12-17(25)24-10-8-23(9-11-24)13-16-21-15-7-5-4-6-14(15)18(20)22-16/h4-7H,8-13H2,1-3H3,(H2,20,21,22). The molecule has 0 bridgehead atoms. The number of carbonyl (C=O) groups is 1. The van der Waals surface area contributed by atoms with E-state index in [1.54, 1.807) is 0 Å². The number of hydrogen-bond donors (Lipinski definition) is 1. The van der Waals surface area contributed by atoms with Gasteiger partial charge in [0.25, 0.3) is 0 Å². The zero-order valence-electron chi connectivity index (χ0n) is 15.3. The Labute approximate surface area is 149 Å². The van der Waals surface area contributed by atoms with Crippen molar-refractivity contribution >= 4 is 22.6 Å². The molecule has 0 unspecified atom stereocenters. The molecule has 0 radical (unpaired) electrons. The van der Waals surface area contributed by atoms with E-state index < -0.39 is 0 Å². The summed E-state index contributed by atoms with van der Waals surface area (Å²) in [6, 6.07) is 7.79. The lowest BCUT2D eigenvalue weighted by Gasteiger charge is -2.35. The third-order valence-electron chi connectivity index (χ3n) is 4.45. The average molecular weight is 341 g/mol. The Balaban J connectivity index is 1.60. The van der Waals surface area contributed by atoms with Gasteiger partial charge < -0.3 is 10.6 Å². The Bertz CT molecular complexity index is 760. The van der Waals surface area contributed by atoms with E-state index in [-0.39, 0.29) is 11.3 Å². The molecule has 1 aromatic heterocycles. The molecule has 2 N–H and O–H groups in total. The summed E-state index contributed by atoms with van der Waals surface area (Å²) in [4.78, 5) is 25.6. The molecular formula is C19H27N5O. The molecule has 25 heavy (non-hydrogen) atoms. The van der Waals surface area contributed by atoms with E-state index in [0.717, 1.165) is 42.9 Å². The molecule has 1 amide bonds. The highest BCUT2D eigenvalue weighted by molar-refractivity contribution is 5.87. The van der Waals surface area contributed by atoms with Gasteiger partial charge in [-0.3, -0.25) is 9.69 Å². The summed E-state index contributed by atoms with van der Waals surface area (Å²) in [5.74, 6) is 1.52. The van der Waals surface area contributed by atoms with E-state index in [0.29, 0.717) is 18.8 Å². The molecule has 1 aliphatic rings. The number of nitrogens with zero attached hydrogens (tertiary/aromatic N) is 4. The summed E-state index contributed by atoms with van der Waals surface area (Å²) in [7, 11) is 0. The first-order valence-corrected chi connectivity index (χ1v) is 8.83. The summed E-state index contributed by atoms with van der Waals surface area (Å²) in [6.45, 7) is 10.2. The minimum Gasteiger partial charge on any atom is -0.383 e. The third kappa shape index (κ3) is 4.45. The fourth-order valence-electron chi connectivity index (χ4n) is 3.14. The van der Waals surface area contributed by atoms with Crippen molar-refractivity contribution in [1.82, 2.24) is 19.8 Å². The highest BCUT2D eigenvalue weighted by Gasteiger charge is 2.25. The number of carbonyl (C=O) groups excluding carboxylic acids is 1. The average Bonchev–Trinajstić information content (AvgIpc) is 2.54. The van der Waals surface area contributed by atoms with Crippen LogP contribution in [-0.4, -0.2) is 51.9 Å². The molecule has 6 heteroatoms. The minimum atomic E-state index is 0.0324. The SMILES string of the molecule is CC(C)(C)CC(=O)N1CCN(Cc2nc(N)c3ccccc3n2)CC1. The summed E-state index contributed by atoms with van der Waals surface area (Å²) < 4.78 is 0. The van der Waals surface area contributed by atoms with Crippen molar-refractivity contribution in [3.05, 3.63) is 30.1 Å². The zero-order valence-corrected chi connectivity index (χ0v) is 15.3. The zero-order chi connectivity index (χ0) is 18.0. The molecule has 1 fully saturated rings. The topological polar surface area (TPSA) is 75.4 Å². The van der Waals surface area contributed by atoms with Gasteiger partial charge in [0.2, 0.25) is 5.91 Å². The Hall–Kier alpha value is -2.21. The first-order chi connectivity index (χ1) is 11.8. The Morgan fingerprint density at radius 1 is 1.12 bits per heavy atom. The van der Waals surface area contributed by atoms with E-state index in [9.17, 15) is 4.79 Å². The van der Waals surface area contributed by atoms with Gasteiger partial charge in [0.1, 0.15) is 11.6 Å². The second-order valence-electron chi connectivity index (χ2n) is 7.94. The molecule has 6 nitrogen and oxygen atoms in total. The largest absolute Gasteiger partial charge is 0.383 e. The van der Waals surface area contributed by atoms with Crippen molar-refractivity contribution in [2.45, 2.75) is 33.7 Å². The Morgan fingerprint density at radius 2 is 1.80 bits per heavy atom. The number of hydrogen-bond acceptors (Lipinski definition) is 5. The molecule has 1 aliphatic heterocycles. The van der Waals surface area contributed by atoms with Crippen molar-refractivity contribution in [3.63, 3.8) is 0 Å². The predicted molar refractivity (Wildman–Crippen MR) is 99.9 cm³/mol. The smallest absolute Gasteiger partial charge is 0.223 e. The second kappa shape index (κ2) is 6.96. The highest BCUT2D eigenvalue weighted by atomic mass is 16.2. The minimum absolute atomic E-state index is 0.0324. The second-order valence-corrected chi connectivity index (χ2v) is 7.94. The molecular weight excluding hydrogens is 314 g/mol. The Morgan fingerprint density at radius 3 is 2.48 bits per heavy atom. The van der Waals surface area contributed by atoms with Crippen LogP contribution in [0, 0.1) is 5.41 Å². The summed E-state index contributed by atoms with van der Waals surface area (Å²) in [5, 5.41) is 0.892. The maximum atomic E-state index is 12.3. The van der Waals surface area contributed by atoms with Gasteiger partial charge >= 0.3 is 0 Å². The number of para-hydroxylation sites is 1. The van der Waals surface area contributed by atoms with Crippen LogP contribution in [0.1, 0.15) is 33.0 Å². The van der Waals surface area contributed by atoms with Crippen molar-refractivity contribution in [1.29, 1.82) is 0 Å². The van der Waals surface area contributed by atoms with Crippen molar-refractivity contribution in [2.24, 2.45) is 5.41 Å². The van der Waals surface area contributed by atoms with Crippen LogP contribution in [0.15, 0.2) is 24.3 Å². The molecule has 1 saturated heterocycles. The normalized spacial score (nSPS) is 16.4. The number of aromatic nitrogens is 2. The van der Waals surface area contributed by atoms with Crippen LogP contribution in [-0.2, 0) is 11.3 Å². The highest BCUT2D eigenvalue weighted by Crippen LogP contribution is 2.21. The summed E-state index contributed by atoms with van der Waals surface area (Å²) >= 11 is 0. The van der Waals surface area contributed by atoms with Gasteiger partial charge in [0.05, 0.1) is 12.1 Å². The number of piperazine rings is 1. The lowest BCUT2D eigenvalue weighted by atomic mass is 9.91. The molecule has 0 saturated carbocycles. The number of fused-ring (bicyclic) bond motifs is 1. The monoisotopic (exact) mass is 341 g/mol. The first kappa shape index (κ1) is 17.6. The van der Waals surface area contributed by atoms with Crippen LogP contribution in [0.5, 0.6) is 0 Å². The van der Waals surface area contributed by atoms with E-state index in [1.807, 2.05) is 29.2 Å². The number of rotatable bonds is 3. The molecule has 0 spiro atoms. The van der Waals surface area contributed by atoms with Gasteiger partial charge in [0, 0.05) is 38.0 Å². The number of nitrogen functional groups attached to an aromatic ring is 1. The van der Waals surface area contributed by atoms with Crippen molar-refractivity contribution < 1.29 is 4.79 Å². The predicted octanol–water partition coefficient (Wildman–Crippen LogP) is 2.29. The van der Waals surface area contributed by atoms with Crippen LogP contribution in [0.25, 0.3) is 10.9 Å². The molecule has 0 atom stereocenters. The van der Waals surface area contributed by atoms with Crippen LogP contribution >= 0.6 is 0 Å². The van der Waals surface area contributed by atoms with E-state index in [1.165, 1.54) is 0 Å².